The molecule has 0 unspecified atom stereocenters. The van der Waals surface area contributed by atoms with Crippen molar-refractivity contribution in [1.82, 2.24) is 10.2 Å². The summed E-state index contributed by atoms with van der Waals surface area (Å²) in [6, 6.07) is 10.2. The molecule has 3 N–H and O–H groups in total. The lowest BCUT2D eigenvalue weighted by molar-refractivity contribution is 0.972. The Morgan fingerprint density at radius 3 is 2.60 bits per heavy atom. The summed E-state index contributed by atoms with van der Waals surface area (Å²) < 4.78 is 0. The fraction of sp³-hybridized carbons (Fsp3) is 0.182. The predicted octanol–water partition coefficient (Wildman–Crippen LogP) is 2.00. The number of hydrogen-bond acceptors (Lipinski definition) is 2. The summed E-state index contributed by atoms with van der Waals surface area (Å²) in [7, 11) is 0. The van der Waals surface area contributed by atoms with Gasteiger partial charge in [0.1, 0.15) is 0 Å². The zero-order valence-corrected chi connectivity index (χ0v) is 9.13. The van der Waals surface area contributed by atoms with Crippen molar-refractivity contribution in [2.24, 2.45) is 5.73 Å². The van der Waals surface area contributed by atoms with Gasteiger partial charge in [0.05, 0.1) is 11.9 Å². The van der Waals surface area contributed by atoms with Crippen molar-refractivity contribution < 1.29 is 0 Å². The van der Waals surface area contributed by atoms with Gasteiger partial charge in [0.25, 0.3) is 0 Å². The van der Waals surface area contributed by atoms with Crippen LogP contribution in [0.1, 0.15) is 5.56 Å². The molecule has 0 saturated heterocycles. The fourth-order valence-electron chi connectivity index (χ4n) is 1.51. The van der Waals surface area contributed by atoms with Crippen LogP contribution in [0, 0.1) is 0 Å². The summed E-state index contributed by atoms with van der Waals surface area (Å²) in [6.07, 6.45) is 2.70. The highest BCUT2D eigenvalue weighted by Crippen LogP contribution is 2.20. The number of benzene rings is 1. The Balaban J connectivity index is 0.00000112. The van der Waals surface area contributed by atoms with E-state index in [0.29, 0.717) is 6.54 Å². The number of H-pyrrole nitrogens is 1. The number of aromatic nitrogens is 2. The molecule has 1 aromatic heterocycles. The zero-order chi connectivity index (χ0) is 9.80. The van der Waals surface area contributed by atoms with Crippen molar-refractivity contribution in [3.05, 3.63) is 42.1 Å². The Labute approximate surface area is 95.1 Å². The molecule has 4 heteroatoms. The molecular weight excluding hydrogens is 210 g/mol. The van der Waals surface area contributed by atoms with Gasteiger partial charge in [0, 0.05) is 0 Å². The van der Waals surface area contributed by atoms with Crippen LogP contribution in [0.3, 0.4) is 0 Å². The number of hydrogen-bond donors (Lipinski definition) is 2. The number of nitrogens with two attached hydrogens (primary N) is 1. The molecule has 15 heavy (non-hydrogen) atoms. The minimum Gasteiger partial charge on any atom is -0.330 e. The first-order chi connectivity index (χ1) is 6.92. The quantitative estimate of drug-likeness (QED) is 0.836. The zero-order valence-electron chi connectivity index (χ0n) is 8.31. The molecule has 0 amide bonds. The first kappa shape index (κ1) is 11.8. The lowest BCUT2D eigenvalue weighted by Crippen LogP contribution is -2.02. The van der Waals surface area contributed by atoms with Crippen LogP contribution in [0.2, 0.25) is 0 Å². The molecule has 3 nitrogen and oxygen atoms in total. The van der Waals surface area contributed by atoms with Crippen LogP contribution in [0.4, 0.5) is 0 Å². The summed E-state index contributed by atoms with van der Waals surface area (Å²) in [5.74, 6) is 0. The van der Waals surface area contributed by atoms with Gasteiger partial charge in [-0.25, -0.2) is 0 Å². The van der Waals surface area contributed by atoms with E-state index in [0.717, 1.165) is 17.7 Å². The molecular formula is C11H14ClN3. The Hall–Kier alpha value is -1.32. The van der Waals surface area contributed by atoms with E-state index < -0.39 is 0 Å². The highest BCUT2D eigenvalue weighted by atomic mass is 35.5. The monoisotopic (exact) mass is 223 g/mol. The number of nitrogens with zero attached hydrogens (tertiary/aromatic N) is 1. The lowest BCUT2D eigenvalue weighted by atomic mass is 10.1. The van der Waals surface area contributed by atoms with Gasteiger partial charge in [-0.1, -0.05) is 30.3 Å². The van der Waals surface area contributed by atoms with E-state index in [1.54, 1.807) is 0 Å². The minimum atomic E-state index is 0. The molecule has 0 aliphatic heterocycles. The topological polar surface area (TPSA) is 54.7 Å². The fourth-order valence-corrected chi connectivity index (χ4v) is 1.51. The third-order valence-corrected chi connectivity index (χ3v) is 2.19. The Kier molecular flexibility index (Phi) is 4.34. The number of aromatic amines is 1. The largest absolute Gasteiger partial charge is 0.330 e. The second-order valence-electron chi connectivity index (χ2n) is 3.17. The predicted molar refractivity (Wildman–Crippen MR) is 64.0 cm³/mol. The van der Waals surface area contributed by atoms with E-state index in [4.69, 9.17) is 5.73 Å². The van der Waals surface area contributed by atoms with Crippen molar-refractivity contribution in [1.29, 1.82) is 0 Å². The van der Waals surface area contributed by atoms with Crippen LogP contribution in [0.5, 0.6) is 0 Å². The van der Waals surface area contributed by atoms with Crippen molar-refractivity contribution >= 4 is 12.4 Å². The molecule has 0 aliphatic carbocycles. The van der Waals surface area contributed by atoms with E-state index in [2.05, 4.69) is 22.3 Å². The van der Waals surface area contributed by atoms with Crippen LogP contribution in [0.25, 0.3) is 11.3 Å². The van der Waals surface area contributed by atoms with Gasteiger partial charge in [0.15, 0.2) is 0 Å². The van der Waals surface area contributed by atoms with Gasteiger partial charge in [-0.05, 0) is 24.1 Å². The van der Waals surface area contributed by atoms with Gasteiger partial charge in [0.2, 0.25) is 0 Å². The maximum absolute atomic E-state index is 5.53. The van der Waals surface area contributed by atoms with Crippen LogP contribution in [-0.4, -0.2) is 16.7 Å². The van der Waals surface area contributed by atoms with E-state index in [9.17, 15) is 0 Å². The SMILES string of the molecule is Cl.NCCc1cn[nH]c1-c1ccccc1. The smallest absolute Gasteiger partial charge is 0.0682 e. The number of halogens is 1. The highest BCUT2D eigenvalue weighted by molar-refractivity contribution is 5.85. The van der Waals surface area contributed by atoms with E-state index in [-0.39, 0.29) is 12.4 Å². The normalized spacial score (nSPS) is 9.67. The molecule has 0 bridgehead atoms. The van der Waals surface area contributed by atoms with Gasteiger partial charge < -0.3 is 5.73 Å². The average Bonchev–Trinajstić information content (AvgIpc) is 2.68. The van der Waals surface area contributed by atoms with E-state index in [1.807, 2.05) is 24.4 Å². The maximum atomic E-state index is 5.53. The Bertz CT molecular complexity index is 397. The van der Waals surface area contributed by atoms with Crippen LogP contribution in [-0.2, 0) is 6.42 Å². The first-order valence-corrected chi connectivity index (χ1v) is 4.69. The van der Waals surface area contributed by atoms with Gasteiger partial charge in [-0.15, -0.1) is 12.4 Å². The standard InChI is InChI=1S/C11H13N3.ClH/c12-7-6-10-8-13-14-11(10)9-4-2-1-3-5-9;/h1-5,8H,6-7,12H2,(H,13,14);1H. The Morgan fingerprint density at radius 2 is 1.93 bits per heavy atom. The number of rotatable bonds is 3. The van der Waals surface area contributed by atoms with Gasteiger partial charge >= 0.3 is 0 Å². The molecule has 1 aromatic carbocycles. The molecule has 0 atom stereocenters. The molecule has 1 heterocycles. The molecule has 0 fully saturated rings. The lowest BCUT2D eigenvalue weighted by Gasteiger charge is -2.00. The highest BCUT2D eigenvalue weighted by Gasteiger charge is 2.05. The second kappa shape index (κ2) is 5.53. The van der Waals surface area contributed by atoms with Crippen LogP contribution >= 0.6 is 12.4 Å². The molecule has 0 radical (unpaired) electrons. The van der Waals surface area contributed by atoms with Crippen molar-refractivity contribution in [3.63, 3.8) is 0 Å². The van der Waals surface area contributed by atoms with Gasteiger partial charge in [-0.2, -0.15) is 5.10 Å². The maximum Gasteiger partial charge on any atom is 0.0682 e. The van der Waals surface area contributed by atoms with Crippen LogP contribution < -0.4 is 5.73 Å². The van der Waals surface area contributed by atoms with Crippen molar-refractivity contribution in [2.45, 2.75) is 6.42 Å². The summed E-state index contributed by atoms with van der Waals surface area (Å²) >= 11 is 0. The first-order valence-electron chi connectivity index (χ1n) is 4.69. The molecule has 0 aliphatic rings. The Morgan fingerprint density at radius 1 is 1.20 bits per heavy atom. The minimum absolute atomic E-state index is 0. The van der Waals surface area contributed by atoms with E-state index >= 15 is 0 Å². The average molecular weight is 224 g/mol. The second-order valence-corrected chi connectivity index (χ2v) is 3.17. The summed E-state index contributed by atoms with van der Waals surface area (Å²) in [6.45, 7) is 0.652. The van der Waals surface area contributed by atoms with E-state index in [1.165, 1.54) is 5.56 Å². The number of nitrogens with one attached hydrogen (secondary N) is 1. The molecule has 0 spiro atoms. The summed E-state index contributed by atoms with van der Waals surface area (Å²) in [5.41, 5.74) is 8.94. The van der Waals surface area contributed by atoms with Crippen LogP contribution in [0.15, 0.2) is 36.5 Å². The molecule has 2 aromatic rings. The van der Waals surface area contributed by atoms with Crippen molar-refractivity contribution in [3.8, 4) is 11.3 Å². The molecule has 80 valence electrons. The summed E-state index contributed by atoms with van der Waals surface area (Å²) in [5, 5.41) is 7.04. The molecule has 2 rings (SSSR count). The molecule has 0 saturated carbocycles. The van der Waals surface area contributed by atoms with Crippen molar-refractivity contribution in [2.75, 3.05) is 6.54 Å². The third kappa shape index (κ3) is 2.58. The summed E-state index contributed by atoms with van der Waals surface area (Å²) in [4.78, 5) is 0. The third-order valence-electron chi connectivity index (χ3n) is 2.19. The van der Waals surface area contributed by atoms with Gasteiger partial charge in [-0.3, -0.25) is 5.10 Å².